The van der Waals surface area contributed by atoms with Gasteiger partial charge in [0.25, 0.3) is 0 Å². The van der Waals surface area contributed by atoms with Crippen LogP contribution < -0.4 is 10.1 Å². The van der Waals surface area contributed by atoms with Crippen LogP contribution in [0.2, 0.25) is 0 Å². The Hall–Kier alpha value is -1.32. The third kappa shape index (κ3) is 4.58. The predicted molar refractivity (Wildman–Crippen MR) is 91.6 cm³/mol. The van der Waals surface area contributed by atoms with E-state index in [0.29, 0.717) is 12.6 Å². The summed E-state index contributed by atoms with van der Waals surface area (Å²) in [6.07, 6.45) is 0. The average Bonchev–Trinajstić information content (AvgIpc) is 2.45. The first-order valence-corrected chi connectivity index (χ1v) is 8.05. The molecule has 0 fully saturated rings. The van der Waals surface area contributed by atoms with Gasteiger partial charge in [0.1, 0.15) is 12.4 Å². The zero-order chi connectivity index (χ0) is 15.2. The lowest BCUT2D eigenvalue weighted by Gasteiger charge is -2.16. The highest BCUT2D eigenvalue weighted by Crippen LogP contribution is 2.26. The lowest BCUT2D eigenvalue weighted by Crippen LogP contribution is -2.22. The first kappa shape index (κ1) is 16.1. The largest absolute Gasteiger partial charge is 0.488 e. The summed E-state index contributed by atoms with van der Waals surface area (Å²) in [5.41, 5.74) is 3.53. The maximum atomic E-state index is 6.10. The van der Waals surface area contributed by atoms with Crippen LogP contribution in [0.1, 0.15) is 30.5 Å². The second-order valence-corrected chi connectivity index (χ2v) is 6.33. The summed E-state index contributed by atoms with van der Waals surface area (Å²) in [6.45, 7) is 7.79. The zero-order valence-electron chi connectivity index (χ0n) is 12.8. The minimum absolute atomic E-state index is 0.460. The fourth-order valence-corrected chi connectivity index (χ4v) is 2.54. The standard InChI is InChI=1S/C18H22BrNO/c1-13(2)20-11-15-9-6-7-14(3)18(15)21-12-16-8-4-5-10-17(16)19/h4-10,13,20H,11-12H2,1-3H3. The molecule has 2 rings (SSSR count). The summed E-state index contributed by atoms with van der Waals surface area (Å²) in [6, 6.07) is 14.9. The third-order valence-electron chi connectivity index (χ3n) is 3.32. The van der Waals surface area contributed by atoms with Crippen molar-refractivity contribution in [2.24, 2.45) is 0 Å². The molecule has 0 spiro atoms. The van der Waals surface area contributed by atoms with Crippen LogP contribution in [-0.4, -0.2) is 6.04 Å². The molecule has 2 nitrogen and oxygen atoms in total. The summed E-state index contributed by atoms with van der Waals surface area (Å²) in [5, 5.41) is 3.45. The number of nitrogens with one attached hydrogen (secondary N) is 1. The van der Waals surface area contributed by atoms with Crippen LogP contribution in [-0.2, 0) is 13.2 Å². The van der Waals surface area contributed by atoms with E-state index in [0.717, 1.165) is 22.3 Å². The Bertz CT molecular complexity index is 596. The minimum atomic E-state index is 0.460. The first-order valence-electron chi connectivity index (χ1n) is 7.26. The molecule has 0 aliphatic rings. The van der Waals surface area contributed by atoms with Crippen LogP contribution >= 0.6 is 15.9 Å². The van der Waals surface area contributed by atoms with Crippen LogP contribution in [0.3, 0.4) is 0 Å². The highest BCUT2D eigenvalue weighted by atomic mass is 79.9. The third-order valence-corrected chi connectivity index (χ3v) is 4.10. The molecule has 0 aromatic heterocycles. The number of aryl methyl sites for hydroxylation is 1. The van der Waals surface area contributed by atoms with E-state index < -0.39 is 0 Å². The van der Waals surface area contributed by atoms with E-state index in [1.165, 1.54) is 11.1 Å². The van der Waals surface area contributed by atoms with Gasteiger partial charge < -0.3 is 10.1 Å². The van der Waals surface area contributed by atoms with Gasteiger partial charge in [0.15, 0.2) is 0 Å². The molecule has 0 heterocycles. The van der Waals surface area contributed by atoms with Crippen LogP contribution in [0.15, 0.2) is 46.9 Å². The lowest BCUT2D eigenvalue weighted by atomic mass is 10.1. The van der Waals surface area contributed by atoms with Crippen molar-refractivity contribution in [3.63, 3.8) is 0 Å². The van der Waals surface area contributed by atoms with E-state index in [1.807, 2.05) is 18.2 Å². The number of halogens is 1. The molecule has 2 aromatic rings. The maximum absolute atomic E-state index is 6.10. The summed E-state index contributed by atoms with van der Waals surface area (Å²) >= 11 is 3.56. The van der Waals surface area contributed by atoms with E-state index >= 15 is 0 Å². The smallest absolute Gasteiger partial charge is 0.127 e. The van der Waals surface area contributed by atoms with E-state index in [1.54, 1.807) is 0 Å². The molecule has 0 amide bonds. The van der Waals surface area contributed by atoms with Gasteiger partial charge in [-0.2, -0.15) is 0 Å². The SMILES string of the molecule is Cc1cccc(CNC(C)C)c1OCc1ccccc1Br. The van der Waals surface area contributed by atoms with Gasteiger partial charge in [-0.25, -0.2) is 0 Å². The number of benzene rings is 2. The first-order chi connectivity index (χ1) is 10.1. The summed E-state index contributed by atoms with van der Waals surface area (Å²) < 4.78 is 7.18. The predicted octanol–water partition coefficient (Wildman–Crippen LogP) is 4.83. The molecule has 3 heteroatoms. The van der Waals surface area contributed by atoms with Crippen molar-refractivity contribution >= 4 is 15.9 Å². The average molecular weight is 348 g/mol. The fourth-order valence-electron chi connectivity index (χ4n) is 2.14. The van der Waals surface area contributed by atoms with Gasteiger partial charge in [-0.1, -0.05) is 66.2 Å². The Balaban J connectivity index is 2.13. The lowest BCUT2D eigenvalue weighted by molar-refractivity contribution is 0.299. The monoisotopic (exact) mass is 347 g/mol. The molecular formula is C18H22BrNO. The number of hydrogen-bond acceptors (Lipinski definition) is 2. The van der Waals surface area contributed by atoms with Gasteiger partial charge in [-0.3, -0.25) is 0 Å². The number of hydrogen-bond donors (Lipinski definition) is 1. The fraction of sp³-hybridized carbons (Fsp3) is 0.333. The van der Waals surface area contributed by atoms with Gasteiger partial charge in [0, 0.05) is 28.2 Å². The van der Waals surface area contributed by atoms with E-state index in [9.17, 15) is 0 Å². The number of ether oxygens (including phenoxy) is 1. The van der Waals surface area contributed by atoms with Crippen LogP contribution in [0.4, 0.5) is 0 Å². The van der Waals surface area contributed by atoms with Crippen molar-refractivity contribution in [1.29, 1.82) is 0 Å². The van der Waals surface area contributed by atoms with Crippen LogP contribution in [0.25, 0.3) is 0 Å². The molecule has 0 bridgehead atoms. The van der Waals surface area contributed by atoms with E-state index in [-0.39, 0.29) is 0 Å². The van der Waals surface area contributed by atoms with Crippen molar-refractivity contribution in [1.82, 2.24) is 5.32 Å². The second kappa shape index (κ2) is 7.62. The van der Waals surface area contributed by atoms with Gasteiger partial charge >= 0.3 is 0 Å². The molecule has 0 aliphatic carbocycles. The summed E-state index contributed by atoms with van der Waals surface area (Å²) in [5.74, 6) is 0.987. The Morgan fingerprint density at radius 2 is 1.76 bits per heavy atom. The molecule has 1 N–H and O–H groups in total. The number of rotatable bonds is 6. The normalized spacial score (nSPS) is 10.9. The summed E-state index contributed by atoms with van der Waals surface area (Å²) in [7, 11) is 0. The Kier molecular flexibility index (Phi) is 5.83. The van der Waals surface area contributed by atoms with Crippen molar-refractivity contribution < 1.29 is 4.74 Å². The minimum Gasteiger partial charge on any atom is -0.488 e. The molecule has 0 saturated carbocycles. The van der Waals surface area contributed by atoms with Crippen molar-refractivity contribution in [3.8, 4) is 5.75 Å². The molecule has 2 aromatic carbocycles. The van der Waals surface area contributed by atoms with Crippen molar-refractivity contribution in [2.75, 3.05) is 0 Å². The quantitative estimate of drug-likeness (QED) is 0.807. The van der Waals surface area contributed by atoms with Gasteiger partial charge in [0.05, 0.1) is 0 Å². The van der Waals surface area contributed by atoms with Crippen molar-refractivity contribution in [2.45, 2.75) is 40.0 Å². The van der Waals surface area contributed by atoms with Crippen molar-refractivity contribution in [3.05, 3.63) is 63.6 Å². The van der Waals surface area contributed by atoms with Gasteiger partial charge in [-0.15, -0.1) is 0 Å². The second-order valence-electron chi connectivity index (χ2n) is 5.48. The molecule has 0 unspecified atom stereocenters. The van der Waals surface area contributed by atoms with Crippen LogP contribution in [0.5, 0.6) is 5.75 Å². The van der Waals surface area contributed by atoms with E-state index in [2.05, 4.69) is 66.3 Å². The Morgan fingerprint density at radius 1 is 1.05 bits per heavy atom. The molecule has 0 atom stereocenters. The molecule has 0 saturated heterocycles. The van der Waals surface area contributed by atoms with Crippen LogP contribution in [0, 0.1) is 6.92 Å². The number of para-hydroxylation sites is 1. The molecule has 0 radical (unpaired) electrons. The molecule has 112 valence electrons. The van der Waals surface area contributed by atoms with E-state index in [4.69, 9.17) is 4.74 Å². The highest BCUT2D eigenvalue weighted by Gasteiger charge is 2.08. The summed E-state index contributed by atoms with van der Waals surface area (Å²) in [4.78, 5) is 0. The van der Waals surface area contributed by atoms with Gasteiger partial charge in [-0.05, 0) is 18.6 Å². The zero-order valence-corrected chi connectivity index (χ0v) is 14.4. The Labute approximate surface area is 135 Å². The van der Waals surface area contributed by atoms with Gasteiger partial charge in [0.2, 0.25) is 0 Å². The molecule has 21 heavy (non-hydrogen) atoms. The topological polar surface area (TPSA) is 21.3 Å². The molecular weight excluding hydrogens is 326 g/mol. The maximum Gasteiger partial charge on any atom is 0.127 e. The Morgan fingerprint density at radius 3 is 2.48 bits per heavy atom. The highest BCUT2D eigenvalue weighted by molar-refractivity contribution is 9.10. The molecule has 0 aliphatic heterocycles.